The maximum absolute atomic E-state index is 3.49. The summed E-state index contributed by atoms with van der Waals surface area (Å²) in [6.45, 7) is 17.0. The fourth-order valence-electron chi connectivity index (χ4n) is 2.20. The largest absolute Gasteiger partial charge is 0.385 e. The second kappa shape index (κ2) is 5.34. The van der Waals surface area contributed by atoms with Crippen LogP contribution in [0, 0.1) is 0 Å². The highest BCUT2D eigenvalue weighted by molar-refractivity contribution is 5.52. The molecule has 0 saturated heterocycles. The summed E-state index contributed by atoms with van der Waals surface area (Å²) in [5, 5.41) is 3.49. The number of rotatable bonds is 3. The second-order valence-electron chi connectivity index (χ2n) is 7.19. The predicted molar refractivity (Wildman–Crippen MR) is 82.6 cm³/mol. The number of benzene rings is 1. The van der Waals surface area contributed by atoms with Crippen LogP contribution in [-0.2, 0) is 10.8 Å². The molecule has 1 N–H and O–H groups in total. The van der Waals surface area contributed by atoms with Crippen molar-refractivity contribution in [3.63, 3.8) is 0 Å². The zero-order valence-electron chi connectivity index (χ0n) is 13.1. The van der Waals surface area contributed by atoms with E-state index in [1.54, 1.807) is 0 Å². The minimum atomic E-state index is 0.187. The lowest BCUT2D eigenvalue weighted by molar-refractivity contribution is 0.530. The molecule has 1 heteroatoms. The second-order valence-corrected chi connectivity index (χ2v) is 7.19. The Morgan fingerprint density at radius 1 is 0.889 bits per heavy atom. The Balaban J connectivity index is 3.22. The molecule has 0 amide bonds. The van der Waals surface area contributed by atoms with E-state index in [9.17, 15) is 0 Å². The zero-order valence-corrected chi connectivity index (χ0v) is 13.1. The van der Waals surface area contributed by atoms with Gasteiger partial charge in [-0.3, -0.25) is 0 Å². The third-order valence-electron chi connectivity index (χ3n) is 3.21. The van der Waals surface area contributed by atoms with E-state index in [1.807, 2.05) is 0 Å². The first kappa shape index (κ1) is 15.1. The summed E-state index contributed by atoms with van der Waals surface area (Å²) in [7, 11) is 0. The van der Waals surface area contributed by atoms with E-state index in [2.05, 4.69) is 72.0 Å². The quantitative estimate of drug-likeness (QED) is 0.783. The van der Waals surface area contributed by atoms with Gasteiger partial charge in [0.25, 0.3) is 0 Å². The van der Waals surface area contributed by atoms with Gasteiger partial charge in [0, 0.05) is 12.2 Å². The highest BCUT2D eigenvalue weighted by Crippen LogP contribution is 2.35. The Kier molecular flexibility index (Phi) is 4.47. The van der Waals surface area contributed by atoms with Gasteiger partial charge in [-0.25, -0.2) is 0 Å². The van der Waals surface area contributed by atoms with Gasteiger partial charge >= 0.3 is 0 Å². The van der Waals surface area contributed by atoms with E-state index in [0.717, 1.165) is 13.0 Å². The van der Waals surface area contributed by atoms with Crippen LogP contribution in [0.3, 0.4) is 0 Å². The molecular weight excluding hydrogens is 218 g/mol. The summed E-state index contributed by atoms with van der Waals surface area (Å²) < 4.78 is 0. The molecule has 0 radical (unpaired) electrons. The first-order chi connectivity index (χ1) is 8.16. The molecule has 0 bridgehead atoms. The van der Waals surface area contributed by atoms with Crippen LogP contribution in [-0.4, -0.2) is 6.54 Å². The normalized spacial score (nSPS) is 12.6. The molecule has 0 atom stereocenters. The van der Waals surface area contributed by atoms with Crippen molar-refractivity contribution in [2.24, 2.45) is 0 Å². The molecule has 0 heterocycles. The van der Waals surface area contributed by atoms with E-state index >= 15 is 0 Å². The summed E-state index contributed by atoms with van der Waals surface area (Å²) in [5.41, 5.74) is 4.54. The smallest absolute Gasteiger partial charge is 0.0343 e. The minimum Gasteiger partial charge on any atom is -0.385 e. The lowest BCUT2D eigenvalue weighted by atomic mass is 9.75. The van der Waals surface area contributed by atoms with Crippen molar-refractivity contribution in [1.82, 2.24) is 0 Å². The van der Waals surface area contributed by atoms with Gasteiger partial charge in [-0.2, -0.15) is 0 Å². The maximum atomic E-state index is 3.49. The monoisotopic (exact) mass is 247 g/mol. The van der Waals surface area contributed by atoms with E-state index in [0.29, 0.717) is 0 Å². The molecule has 1 aromatic rings. The molecule has 0 fully saturated rings. The Morgan fingerprint density at radius 3 is 1.89 bits per heavy atom. The molecule has 1 aromatic carbocycles. The molecule has 0 aliphatic heterocycles. The first-order valence-electron chi connectivity index (χ1n) is 7.05. The standard InChI is InChI=1S/C17H29N/c1-8-11-18-13-9-10-14(16(2,3)4)15(12-13)17(5,6)7/h9-10,12,18H,8,11H2,1-7H3. The van der Waals surface area contributed by atoms with Crippen LogP contribution in [0.2, 0.25) is 0 Å². The van der Waals surface area contributed by atoms with Crippen molar-refractivity contribution in [2.75, 3.05) is 11.9 Å². The molecule has 0 aliphatic carbocycles. The van der Waals surface area contributed by atoms with Crippen molar-refractivity contribution in [3.8, 4) is 0 Å². The number of hydrogen-bond acceptors (Lipinski definition) is 1. The number of hydrogen-bond donors (Lipinski definition) is 1. The Bertz CT molecular complexity index is 391. The van der Waals surface area contributed by atoms with Crippen molar-refractivity contribution >= 4 is 5.69 Å². The summed E-state index contributed by atoms with van der Waals surface area (Å²) in [6, 6.07) is 6.83. The average molecular weight is 247 g/mol. The summed E-state index contributed by atoms with van der Waals surface area (Å²) >= 11 is 0. The van der Waals surface area contributed by atoms with E-state index in [1.165, 1.54) is 16.8 Å². The van der Waals surface area contributed by atoms with Gasteiger partial charge in [-0.1, -0.05) is 54.5 Å². The topological polar surface area (TPSA) is 12.0 Å². The molecule has 18 heavy (non-hydrogen) atoms. The van der Waals surface area contributed by atoms with Crippen LogP contribution in [0.4, 0.5) is 5.69 Å². The molecular formula is C17H29N. The lowest BCUT2D eigenvalue weighted by Crippen LogP contribution is -2.22. The Labute approximate surface area is 113 Å². The van der Waals surface area contributed by atoms with Crippen molar-refractivity contribution in [2.45, 2.75) is 65.7 Å². The van der Waals surface area contributed by atoms with Gasteiger partial charge in [0.2, 0.25) is 0 Å². The van der Waals surface area contributed by atoms with Gasteiger partial charge in [-0.05, 0) is 40.5 Å². The van der Waals surface area contributed by atoms with Crippen LogP contribution in [0.25, 0.3) is 0 Å². The number of anilines is 1. The van der Waals surface area contributed by atoms with Gasteiger partial charge in [0.15, 0.2) is 0 Å². The third-order valence-corrected chi connectivity index (χ3v) is 3.21. The molecule has 0 saturated carbocycles. The van der Waals surface area contributed by atoms with Crippen LogP contribution in [0.15, 0.2) is 18.2 Å². The van der Waals surface area contributed by atoms with Gasteiger partial charge < -0.3 is 5.32 Å². The first-order valence-corrected chi connectivity index (χ1v) is 7.05. The van der Waals surface area contributed by atoms with E-state index < -0.39 is 0 Å². The van der Waals surface area contributed by atoms with Gasteiger partial charge in [0.05, 0.1) is 0 Å². The highest BCUT2D eigenvalue weighted by Gasteiger charge is 2.25. The third kappa shape index (κ3) is 3.76. The molecule has 0 unspecified atom stereocenters. The fourth-order valence-corrected chi connectivity index (χ4v) is 2.20. The number of nitrogens with one attached hydrogen (secondary N) is 1. The molecule has 0 spiro atoms. The lowest BCUT2D eigenvalue weighted by Gasteiger charge is -2.30. The Hall–Kier alpha value is -0.980. The van der Waals surface area contributed by atoms with Crippen LogP contribution in [0.1, 0.15) is 66.0 Å². The van der Waals surface area contributed by atoms with E-state index in [-0.39, 0.29) is 10.8 Å². The Morgan fingerprint density at radius 2 is 1.44 bits per heavy atom. The molecule has 1 rings (SSSR count). The van der Waals surface area contributed by atoms with Gasteiger partial charge in [0.1, 0.15) is 0 Å². The fraction of sp³-hybridized carbons (Fsp3) is 0.647. The van der Waals surface area contributed by atoms with Crippen LogP contribution in [0.5, 0.6) is 0 Å². The zero-order chi connectivity index (χ0) is 14.0. The van der Waals surface area contributed by atoms with E-state index in [4.69, 9.17) is 0 Å². The average Bonchev–Trinajstić information content (AvgIpc) is 2.23. The van der Waals surface area contributed by atoms with Crippen molar-refractivity contribution in [1.29, 1.82) is 0 Å². The molecule has 0 aliphatic rings. The summed E-state index contributed by atoms with van der Waals surface area (Å²) in [5.74, 6) is 0. The predicted octanol–water partition coefficient (Wildman–Crippen LogP) is 5.10. The summed E-state index contributed by atoms with van der Waals surface area (Å²) in [4.78, 5) is 0. The van der Waals surface area contributed by atoms with Crippen molar-refractivity contribution in [3.05, 3.63) is 29.3 Å². The van der Waals surface area contributed by atoms with Crippen molar-refractivity contribution < 1.29 is 0 Å². The maximum Gasteiger partial charge on any atom is 0.0343 e. The van der Waals surface area contributed by atoms with Crippen LogP contribution < -0.4 is 5.32 Å². The SMILES string of the molecule is CCCNc1ccc(C(C)(C)C)c(C(C)(C)C)c1. The molecule has 1 nitrogen and oxygen atoms in total. The summed E-state index contributed by atoms with van der Waals surface area (Å²) in [6.07, 6.45) is 1.16. The van der Waals surface area contributed by atoms with Crippen LogP contribution >= 0.6 is 0 Å². The minimum absolute atomic E-state index is 0.187. The molecule has 0 aromatic heterocycles. The van der Waals surface area contributed by atoms with Gasteiger partial charge in [-0.15, -0.1) is 0 Å². The highest BCUT2D eigenvalue weighted by atomic mass is 14.9. The molecule has 102 valence electrons.